The summed E-state index contributed by atoms with van der Waals surface area (Å²) in [6.07, 6.45) is 0. The van der Waals surface area contributed by atoms with E-state index in [0.29, 0.717) is 5.82 Å². The van der Waals surface area contributed by atoms with Gasteiger partial charge in [-0.1, -0.05) is 176 Å². The number of pyridine rings is 1. The van der Waals surface area contributed by atoms with E-state index in [2.05, 4.69) is 188 Å². The van der Waals surface area contributed by atoms with Crippen molar-refractivity contribution < 1.29 is 4.42 Å². The zero-order valence-electron chi connectivity index (χ0n) is 34.4. The minimum absolute atomic E-state index is 0.682. The predicted octanol–water partition coefficient (Wildman–Crippen LogP) is 16.4. The molecule has 0 bridgehead atoms. The number of nitrogens with zero attached hydrogens (tertiary/aromatic N) is 3. The summed E-state index contributed by atoms with van der Waals surface area (Å²) in [5.41, 5.74) is 13.9. The Labute approximate surface area is 372 Å². The first-order valence-electron chi connectivity index (χ1n) is 21.5. The molecule has 0 fully saturated rings. The molecular weight excluding hydrogens is 799 g/mol. The van der Waals surface area contributed by atoms with Crippen molar-refractivity contribution in [3.63, 3.8) is 0 Å². The fourth-order valence-electron chi connectivity index (χ4n) is 9.51. The van der Waals surface area contributed by atoms with Gasteiger partial charge in [0.05, 0.1) is 22.6 Å². The van der Waals surface area contributed by atoms with Crippen molar-refractivity contribution in [1.82, 2.24) is 15.0 Å². The fourth-order valence-corrected chi connectivity index (χ4v) is 10.7. The maximum Gasteiger partial charge on any atom is 0.160 e. The molecule has 4 aromatic heterocycles. The average molecular weight is 834 g/mol. The summed E-state index contributed by atoms with van der Waals surface area (Å²) in [6, 6.07) is 74.8. The molecule has 0 spiro atoms. The second-order valence-electron chi connectivity index (χ2n) is 16.3. The molecule has 4 nitrogen and oxygen atoms in total. The lowest BCUT2D eigenvalue weighted by atomic mass is 9.88. The van der Waals surface area contributed by atoms with E-state index in [9.17, 15) is 0 Å². The summed E-state index contributed by atoms with van der Waals surface area (Å²) >= 11 is 1.81. The second kappa shape index (κ2) is 14.7. The van der Waals surface area contributed by atoms with Crippen molar-refractivity contribution in [3.8, 4) is 67.4 Å². The number of rotatable bonds is 6. The summed E-state index contributed by atoms with van der Waals surface area (Å²) < 4.78 is 9.21. The van der Waals surface area contributed by atoms with Gasteiger partial charge in [-0.3, -0.25) is 0 Å². The van der Waals surface area contributed by atoms with E-state index in [1.54, 1.807) is 0 Å². The molecule has 0 aliphatic heterocycles. The Kier molecular flexibility index (Phi) is 8.36. The van der Waals surface area contributed by atoms with Crippen molar-refractivity contribution >= 4 is 75.1 Å². The van der Waals surface area contributed by atoms with Crippen molar-refractivity contribution in [1.29, 1.82) is 0 Å². The van der Waals surface area contributed by atoms with Crippen LogP contribution >= 0.6 is 11.3 Å². The summed E-state index contributed by atoms with van der Waals surface area (Å²) in [5, 5.41) is 7.94. The van der Waals surface area contributed by atoms with Gasteiger partial charge in [-0.15, -0.1) is 11.3 Å². The molecule has 0 radical (unpaired) electrons. The number of fused-ring (bicyclic) bond motifs is 9. The van der Waals surface area contributed by atoms with Crippen LogP contribution in [-0.2, 0) is 0 Å². The highest BCUT2D eigenvalue weighted by molar-refractivity contribution is 7.26. The van der Waals surface area contributed by atoms with Crippen LogP contribution in [0.5, 0.6) is 0 Å². The van der Waals surface area contributed by atoms with Gasteiger partial charge >= 0.3 is 0 Å². The molecule has 0 atom stereocenters. The van der Waals surface area contributed by atoms with Crippen LogP contribution in [0, 0.1) is 0 Å². The minimum Gasteiger partial charge on any atom is -0.456 e. The zero-order chi connectivity index (χ0) is 42.1. The van der Waals surface area contributed by atoms with Crippen LogP contribution in [0.25, 0.3) is 131 Å². The summed E-state index contributed by atoms with van der Waals surface area (Å²) in [4.78, 5) is 16.0. The molecular formula is C59H35N3OS. The van der Waals surface area contributed by atoms with Crippen molar-refractivity contribution in [2.24, 2.45) is 0 Å². The lowest BCUT2D eigenvalue weighted by Crippen LogP contribution is -1.97. The predicted molar refractivity (Wildman–Crippen MR) is 268 cm³/mol. The van der Waals surface area contributed by atoms with Crippen LogP contribution in [0.1, 0.15) is 0 Å². The van der Waals surface area contributed by atoms with Gasteiger partial charge in [-0.05, 0) is 53.1 Å². The van der Waals surface area contributed by atoms with Gasteiger partial charge in [-0.25, -0.2) is 15.0 Å². The third-order valence-electron chi connectivity index (χ3n) is 12.5. The molecule has 0 aliphatic carbocycles. The lowest BCUT2D eigenvalue weighted by Gasteiger charge is -2.16. The molecule has 0 N–H and O–H groups in total. The van der Waals surface area contributed by atoms with E-state index in [0.717, 1.165) is 94.1 Å². The number of hydrogen-bond donors (Lipinski definition) is 0. The molecule has 13 aromatic rings. The third kappa shape index (κ3) is 5.93. The van der Waals surface area contributed by atoms with Crippen LogP contribution in [0.4, 0.5) is 0 Å². The first-order chi connectivity index (χ1) is 31.7. The normalized spacial score (nSPS) is 11.8. The van der Waals surface area contributed by atoms with Crippen molar-refractivity contribution in [3.05, 3.63) is 212 Å². The number of hydrogen-bond acceptors (Lipinski definition) is 5. The number of para-hydroxylation sites is 2. The maximum atomic E-state index is 6.73. The van der Waals surface area contributed by atoms with Gasteiger partial charge in [0.25, 0.3) is 0 Å². The Morgan fingerprint density at radius 1 is 0.359 bits per heavy atom. The minimum atomic E-state index is 0.682. The van der Waals surface area contributed by atoms with E-state index in [-0.39, 0.29) is 0 Å². The molecule has 0 amide bonds. The Morgan fingerprint density at radius 2 is 0.984 bits per heavy atom. The topological polar surface area (TPSA) is 51.8 Å². The number of aromatic nitrogens is 3. The molecule has 0 saturated heterocycles. The third-order valence-corrected chi connectivity index (χ3v) is 13.7. The van der Waals surface area contributed by atoms with Crippen molar-refractivity contribution in [2.75, 3.05) is 0 Å². The highest BCUT2D eigenvalue weighted by Crippen LogP contribution is 2.47. The summed E-state index contributed by atoms with van der Waals surface area (Å²) in [7, 11) is 0. The summed E-state index contributed by atoms with van der Waals surface area (Å²) in [6.45, 7) is 0. The second-order valence-corrected chi connectivity index (χ2v) is 17.3. The van der Waals surface area contributed by atoms with Crippen LogP contribution in [0.15, 0.2) is 217 Å². The Hall–Kier alpha value is -8.25. The van der Waals surface area contributed by atoms with Gasteiger partial charge in [0, 0.05) is 74.9 Å². The Bertz CT molecular complexity index is 3950. The van der Waals surface area contributed by atoms with Crippen LogP contribution in [-0.4, -0.2) is 15.0 Å². The van der Waals surface area contributed by atoms with E-state index in [1.165, 1.54) is 31.3 Å². The molecule has 13 rings (SSSR count). The van der Waals surface area contributed by atoms with Crippen LogP contribution in [0.3, 0.4) is 0 Å². The molecule has 0 aliphatic rings. The van der Waals surface area contributed by atoms with Gasteiger partial charge in [0.15, 0.2) is 5.82 Å². The number of thiophene rings is 1. The van der Waals surface area contributed by atoms with Gasteiger partial charge < -0.3 is 4.42 Å². The molecule has 64 heavy (non-hydrogen) atoms. The van der Waals surface area contributed by atoms with Crippen LogP contribution in [0.2, 0.25) is 0 Å². The standard InChI is InChI=1S/C59H35N3OS/c1-3-15-36(16-4-1)37-29-31-38(32-30-37)54-55-44-22-7-10-26-48(44)60-57(47(55)34-52-56(54)46-23-8-11-27-51(46)63-52)41-20-13-19-40(33-41)49-35-50(62-59(61-49)39-17-5-2-6-18-39)45-25-14-24-43-42-21-9-12-28-53(42)64-58(43)45/h1-35H. The first kappa shape index (κ1) is 36.4. The van der Waals surface area contributed by atoms with Gasteiger partial charge in [-0.2, -0.15) is 0 Å². The molecule has 298 valence electrons. The van der Waals surface area contributed by atoms with Crippen molar-refractivity contribution in [2.45, 2.75) is 0 Å². The SMILES string of the molecule is c1ccc(-c2ccc(-c3c4c(cc5c(-c6cccc(-c7cc(-c8cccc9c8sc8ccccc89)nc(-c8ccccc8)n7)c6)nc6ccccc6c35)oc3ccccc34)cc2)cc1. The smallest absolute Gasteiger partial charge is 0.160 e. The number of furan rings is 1. The number of benzene rings is 9. The highest BCUT2D eigenvalue weighted by atomic mass is 32.1. The van der Waals surface area contributed by atoms with Gasteiger partial charge in [0.2, 0.25) is 0 Å². The van der Waals surface area contributed by atoms with E-state index in [1.807, 2.05) is 35.6 Å². The van der Waals surface area contributed by atoms with Crippen LogP contribution < -0.4 is 0 Å². The molecule has 5 heteroatoms. The largest absolute Gasteiger partial charge is 0.456 e. The fraction of sp³-hybridized carbons (Fsp3) is 0. The lowest BCUT2D eigenvalue weighted by molar-refractivity contribution is 0.669. The molecule has 4 heterocycles. The zero-order valence-corrected chi connectivity index (χ0v) is 35.2. The van der Waals surface area contributed by atoms with E-state index < -0.39 is 0 Å². The first-order valence-corrected chi connectivity index (χ1v) is 22.3. The monoisotopic (exact) mass is 833 g/mol. The Morgan fingerprint density at radius 3 is 1.83 bits per heavy atom. The molecule has 0 unspecified atom stereocenters. The van der Waals surface area contributed by atoms with E-state index >= 15 is 0 Å². The van der Waals surface area contributed by atoms with Gasteiger partial charge in [0.1, 0.15) is 11.2 Å². The molecule has 9 aromatic carbocycles. The average Bonchev–Trinajstić information content (AvgIpc) is 3.94. The molecule has 0 saturated carbocycles. The highest BCUT2D eigenvalue weighted by Gasteiger charge is 2.23. The van der Waals surface area contributed by atoms with E-state index in [4.69, 9.17) is 19.4 Å². The quantitative estimate of drug-likeness (QED) is 0.157. The summed E-state index contributed by atoms with van der Waals surface area (Å²) in [5.74, 6) is 0.682. The Balaban J connectivity index is 1.04. The maximum absolute atomic E-state index is 6.73.